The van der Waals surface area contributed by atoms with E-state index in [4.69, 9.17) is 11.6 Å². The molecule has 0 aliphatic heterocycles. The van der Waals surface area contributed by atoms with E-state index in [-0.39, 0.29) is 0 Å². The Morgan fingerprint density at radius 1 is 1.21 bits per heavy atom. The first kappa shape index (κ1) is 19.6. The van der Waals surface area contributed by atoms with Gasteiger partial charge in [0.15, 0.2) is 5.82 Å². The van der Waals surface area contributed by atoms with Crippen molar-refractivity contribution in [2.45, 2.75) is 13.3 Å². The summed E-state index contributed by atoms with van der Waals surface area (Å²) in [7, 11) is 0. The largest absolute Gasteiger partial charge is 0.347 e. The fraction of sp³-hybridized carbons (Fsp3) is 0.158. The second kappa shape index (κ2) is 8.32. The molecule has 29 heavy (non-hydrogen) atoms. The molecular formula is C19H16ClN5O2S2. The molecule has 0 saturated heterocycles. The number of fused-ring (bicyclic) bond motifs is 1. The second-order valence-corrected chi connectivity index (χ2v) is 8.45. The van der Waals surface area contributed by atoms with Crippen LogP contribution in [0.1, 0.15) is 11.3 Å². The molecule has 1 aromatic carbocycles. The first-order valence-corrected chi connectivity index (χ1v) is 10.9. The molecule has 10 heteroatoms. The maximum Gasteiger partial charge on any atom is 0.313 e. The summed E-state index contributed by atoms with van der Waals surface area (Å²) in [5.41, 5.74) is 2.29. The lowest BCUT2D eigenvalue weighted by molar-refractivity contribution is -0.136. The van der Waals surface area contributed by atoms with Crippen molar-refractivity contribution >= 4 is 56.7 Å². The second-order valence-electron chi connectivity index (χ2n) is 6.26. The molecule has 0 radical (unpaired) electrons. The van der Waals surface area contributed by atoms with Gasteiger partial charge >= 0.3 is 11.8 Å². The Bertz CT molecular complexity index is 1180. The Balaban J connectivity index is 1.34. The zero-order valence-electron chi connectivity index (χ0n) is 15.3. The summed E-state index contributed by atoms with van der Waals surface area (Å²) in [4.78, 5) is 30.4. The number of halogens is 1. The van der Waals surface area contributed by atoms with Gasteiger partial charge in [0.25, 0.3) is 0 Å². The van der Waals surface area contributed by atoms with E-state index in [9.17, 15) is 9.59 Å². The van der Waals surface area contributed by atoms with Gasteiger partial charge in [-0.2, -0.15) is 4.98 Å². The first-order chi connectivity index (χ1) is 14.0. The Morgan fingerprint density at radius 2 is 2.07 bits per heavy atom. The molecule has 2 N–H and O–H groups in total. The number of thiophene rings is 1. The van der Waals surface area contributed by atoms with Crippen LogP contribution in [-0.2, 0) is 16.0 Å². The maximum atomic E-state index is 12.1. The highest BCUT2D eigenvalue weighted by Gasteiger charge is 2.15. The van der Waals surface area contributed by atoms with Gasteiger partial charge in [-0.1, -0.05) is 23.7 Å². The van der Waals surface area contributed by atoms with Crippen LogP contribution >= 0.6 is 34.3 Å². The number of thiazole rings is 1. The molecule has 0 atom stereocenters. The van der Waals surface area contributed by atoms with E-state index in [0.717, 1.165) is 21.1 Å². The highest BCUT2D eigenvalue weighted by atomic mass is 35.5. The monoisotopic (exact) mass is 445 g/mol. The molecule has 0 saturated carbocycles. The minimum Gasteiger partial charge on any atom is -0.347 e. The average molecular weight is 446 g/mol. The predicted molar refractivity (Wildman–Crippen MR) is 116 cm³/mol. The molecule has 3 aromatic heterocycles. The summed E-state index contributed by atoms with van der Waals surface area (Å²) in [6, 6.07) is 9.02. The molecule has 0 spiro atoms. The van der Waals surface area contributed by atoms with Crippen LogP contribution in [0.25, 0.3) is 15.7 Å². The van der Waals surface area contributed by atoms with E-state index in [0.29, 0.717) is 29.5 Å². The van der Waals surface area contributed by atoms with Crippen molar-refractivity contribution in [1.29, 1.82) is 0 Å². The van der Waals surface area contributed by atoms with Crippen LogP contribution in [0.4, 0.5) is 5.69 Å². The number of hydrogen-bond acceptors (Lipinski definition) is 6. The third-order valence-electron chi connectivity index (χ3n) is 4.19. The molecule has 7 nitrogen and oxygen atoms in total. The summed E-state index contributed by atoms with van der Waals surface area (Å²) in [5, 5.41) is 14.2. The number of benzene rings is 1. The average Bonchev–Trinajstić information content (AvgIpc) is 3.42. The van der Waals surface area contributed by atoms with E-state index < -0.39 is 11.8 Å². The van der Waals surface area contributed by atoms with Crippen LogP contribution in [0.3, 0.4) is 0 Å². The fourth-order valence-electron chi connectivity index (χ4n) is 2.65. The SMILES string of the molecule is Cc1ccc(NC(=O)C(=O)NCCc2csc3nc(-c4cccs4)nn23)cc1Cl. The molecule has 0 unspecified atom stereocenters. The number of anilines is 1. The van der Waals surface area contributed by atoms with Crippen LogP contribution in [0.5, 0.6) is 0 Å². The number of carbonyl (C=O) groups excluding carboxylic acids is 2. The van der Waals surface area contributed by atoms with Gasteiger partial charge in [-0.3, -0.25) is 9.59 Å². The third-order valence-corrected chi connectivity index (χ3v) is 6.33. The van der Waals surface area contributed by atoms with Gasteiger partial charge in [-0.05, 0) is 36.1 Å². The van der Waals surface area contributed by atoms with Crippen molar-refractivity contribution in [2.75, 3.05) is 11.9 Å². The number of hydrogen-bond donors (Lipinski definition) is 2. The van der Waals surface area contributed by atoms with Crippen molar-refractivity contribution in [3.63, 3.8) is 0 Å². The zero-order chi connectivity index (χ0) is 20.4. The van der Waals surface area contributed by atoms with Crippen molar-refractivity contribution in [3.8, 4) is 10.7 Å². The normalized spacial score (nSPS) is 11.0. The van der Waals surface area contributed by atoms with Gasteiger partial charge in [0.05, 0.1) is 10.6 Å². The first-order valence-electron chi connectivity index (χ1n) is 8.73. The molecule has 4 rings (SSSR count). The zero-order valence-corrected chi connectivity index (χ0v) is 17.7. The third kappa shape index (κ3) is 4.31. The van der Waals surface area contributed by atoms with Crippen molar-refractivity contribution in [1.82, 2.24) is 19.9 Å². The van der Waals surface area contributed by atoms with E-state index in [1.54, 1.807) is 34.1 Å². The molecule has 0 fully saturated rings. The minimum absolute atomic E-state index is 0.306. The van der Waals surface area contributed by atoms with Gasteiger partial charge in [0.2, 0.25) is 4.96 Å². The Morgan fingerprint density at radius 3 is 2.83 bits per heavy atom. The van der Waals surface area contributed by atoms with Gasteiger partial charge in [-0.25, -0.2) is 4.52 Å². The summed E-state index contributed by atoms with van der Waals surface area (Å²) in [6.07, 6.45) is 0.530. The van der Waals surface area contributed by atoms with Gasteiger partial charge in [0.1, 0.15) is 0 Å². The lowest BCUT2D eigenvalue weighted by Crippen LogP contribution is -2.36. The number of nitrogens with zero attached hydrogens (tertiary/aromatic N) is 3. The van der Waals surface area contributed by atoms with Crippen molar-refractivity contribution in [2.24, 2.45) is 0 Å². The van der Waals surface area contributed by atoms with E-state index >= 15 is 0 Å². The van der Waals surface area contributed by atoms with Gasteiger partial charge in [-0.15, -0.1) is 27.8 Å². The number of amides is 2. The number of rotatable bonds is 5. The lowest BCUT2D eigenvalue weighted by Gasteiger charge is -2.07. The number of aromatic nitrogens is 3. The summed E-state index contributed by atoms with van der Waals surface area (Å²) in [6.45, 7) is 2.17. The smallest absolute Gasteiger partial charge is 0.313 e. The Kier molecular flexibility index (Phi) is 5.61. The molecule has 3 heterocycles. The maximum absolute atomic E-state index is 12.1. The molecule has 0 aliphatic rings. The molecule has 0 bridgehead atoms. The standard InChI is InChI=1S/C19H16ClN5O2S2/c1-11-4-5-12(9-14(11)20)22-18(27)17(26)21-7-6-13-10-29-19-23-16(24-25(13)19)15-3-2-8-28-15/h2-5,8-10H,6-7H2,1H3,(H,21,26)(H,22,27). The predicted octanol–water partition coefficient (Wildman–Crippen LogP) is 3.78. The summed E-state index contributed by atoms with van der Waals surface area (Å²) < 4.78 is 1.78. The van der Waals surface area contributed by atoms with Crippen LogP contribution in [0.15, 0.2) is 41.1 Å². The van der Waals surface area contributed by atoms with Gasteiger partial charge in [0, 0.05) is 29.1 Å². The summed E-state index contributed by atoms with van der Waals surface area (Å²) >= 11 is 9.11. The number of carbonyl (C=O) groups is 2. The topological polar surface area (TPSA) is 88.4 Å². The van der Waals surface area contributed by atoms with E-state index in [1.807, 2.05) is 29.8 Å². The molecule has 148 valence electrons. The molecule has 0 aliphatic carbocycles. The van der Waals surface area contributed by atoms with E-state index in [2.05, 4.69) is 20.7 Å². The molecule has 4 aromatic rings. The Labute approximate surface area is 179 Å². The van der Waals surface area contributed by atoms with E-state index in [1.165, 1.54) is 11.3 Å². The summed E-state index contributed by atoms with van der Waals surface area (Å²) in [5.74, 6) is -0.750. The van der Waals surface area contributed by atoms with Crippen molar-refractivity contribution in [3.05, 3.63) is 57.4 Å². The minimum atomic E-state index is -0.735. The Hall–Kier alpha value is -2.75. The van der Waals surface area contributed by atoms with Crippen LogP contribution in [0, 0.1) is 6.92 Å². The van der Waals surface area contributed by atoms with Crippen LogP contribution in [-0.4, -0.2) is 33.0 Å². The van der Waals surface area contributed by atoms with Gasteiger partial charge < -0.3 is 10.6 Å². The molecular weight excluding hydrogens is 430 g/mol. The fourth-order valence-corrected chi connectivity index (χ4v) is 4.34. The number of aryl methyl sites for hydroxylation is 1. The quantitative estimate of drug-likeness (QED) is 0.457. The highest BCUT2D eigenvalue weighted by molar-refractivity contribution is 7.15. The number of nitrogens with one attached hydrogen (secondary N) is 2. The lowest BCUT2D eigenvalue weighted by atomic mass is 10.2. The molecule has 2 amide bonds. The van der Waals surface area contributed by atoms with Crippen LogP contribution < -0.4 is 10.6 Å². The van der Waals surface area contributed by atoms with Crippen LogP contribution in [0.2, 0.25) is 5.02 Å². The van der Waals surface area contributed by atoms with Crippen molar-refractivity contribution < 1.29 is 9.59 Å². The highest BCUT2D eigenvalue weighted by Crippen LogP contribution is 2.24.